The van der Waals surface area contributed by atoms with E-state index in [2.05, 4.69) is 10.6 Å². The fraction of sp³-hybridized carbons (Fsp3) is 0.375. The van der Waals surface area contributed by atoms with Gasteiger partial charge in [0.2, 0.25) is 11.8 Å². The number of rotatable bonds is 5. The summed E-state index contributed by atoms with van der Waals surface area (Å²) < 4.78 is 5.30. The van der Waals surface area contributed by atoms with Gasteiger partial charge in [0, 0.05) is 18.2 Å². The van der Waals surface area contributed by atoms with E-state index in [1.54, 1.807) is 7.11 Å². The van der Waals surface area contributed by atoms with E-state index >= 15 is 0 Å². The molecular weight excluding hydrogens is 394 g/mol. The van der Waals surface area contributed by atoms with Crippen molar-refractivity contribution >= 4 is 29.2 Å². The average Bonchev–Trinajstić information content (AvgIpc) is 2.90. The molecule has 0 radical (unpaired) electrons. The van der Waals surface area contributed by atoms with E-state index in [1.165, 1.54) is 4.90 Å². The number of anilines is 2. The molecule has 4 amide bonds. The zero-order valence-corrected chi connectivity index (χ0v) is 17.6. The third-order valence-electron chi connectivity index (χ3n) is 6.17. The molecule has 7 nitrogen and oxygen atoms in total. The van der Waals surface area contributed by atoms with Gasteiger partial charge < -0.3 is 15.4 Å². The van der Waals surface area contributed by atoms with Crippen LogP contribution < -0.4 is 15.4 Å². The number of fused-ring (bicyclic) bond motifs is 1. The van der Waals surface area contributed by atoms with Crippen LogP contribution in [0.1, 0.15) is 31.2 Å². The topological polar surface area (TPSA) is 87.7 Å². The van der Waals surface area contributed by atoms with Crippen LogP contribution in [0.2, 0.25) is 0 Å². The Morgan fingerprint density at radius 3 is 2.55 bits per heavy atom. The summed E-state index contributed by atoms with van der Waals surface area (Å²) in [5.74, 6) is 0.557. The quantitative estimate of drug-likeness (QED) is 0.762. The van der Waals surface area contributed by atoms with Crippen LogP contribution in [-0.2, 0) is 16.0 Å². The molecule has 2 aliphatic rings. The smallest absolute Gasteiger partial charge is 0.328 e. The molecule has 1 saturated carbocycles. The Bertz CT molecular complexity index is 945. The summed E-state index contributed by atoms with van der Waals surface area (Å²) >= 11 is 0. The Morgan fingerprint density at radius 1 is 1.06 bits per heavy atom. The van der Waals surface area contributed by atoms with Gasteiger partial charge in [-0.3, -0.25) is 14.5 Å². The van der Waals surface area contributed by atoms with Crippen LogP contribution in [0.25, 0.3) is 0 Å². The van der Waals surface area contributed by atoms with Crippen molar-refractivity contribution in [3.05, 3.63) is 54.1 Å². The number of imide groups is 1. The molecule has 1 fully saturated rings. The second kappa shape index (κ2) is 9.20. The summed E-state index contributed by atoms with van der Waals surface area (Å²) in [7, 11) is 1.58. The molecule has 0 spiro atoms. The van der Waals surface area contributed by atoms with E-state index in [0.29, 0.717) is 23.7 Å². The summed E-state index contributed by atoms with van der Waals surface area (Å²) in [5, 5.41) is 5.82. The first kappa shape index (κ1) is 20.9. The number of methoxy groups -OCH3 is 1. The lowest BCUT2D eigenvalue weighted by molar-refractivity contribution is -0.128. The number of hydrogen-bond acceptors (Lipinski definition) is 4. The first-order chi connectivity index (χ1) is 15.0. The molecule has 2 N–H and O–H groups in total. The predicted octanol–water partition coefficient (Wildman–Crippen LogP) is 4.06. The molecule has 162 valence electrons. The maximum Gasteiger partial charge on any atom is 0.328 e. The second-order valence-corrected chi connectivity index (χ2v) is 8.18. The second-order valence-electron chi connectivity index (χ2n) is 8.18. The molecule has 4 rings (SSSR count). The minimum atomic E-state index is -0.369. The van der Waals surface area contributed by atoms with Gasteiger partial charge in [-0.05, 0) is 55.4 Å². The van der Waals surface area contributed by atoms with Crippen molar-refractivity contribution in [2.24, 2.45) is 11.8 Å². The van der Waals surface area contributed by atoms with Crippen LogP contribution in [0.5, 0.6) is 5.75 Å². The molecule has 0 atom stereocenters. The van der Waals surface area contributed by atoms with Gasteiger partial charge >= 0.3 is 6.03 Å². The van der Waals surface area contributed by atoms with Crippen molar-refractivity contribution in [1.82, 2.24) is 4.90 Å². The highest BCUT2D eigenvalue weighted by atomic mass is 16.5. The molecule has 0 bridgehead atoms. The summed E-state index contributed by atoms with van der Waals surface area (Å²) in [6, 6.07) is 14.4. The Kier molecular flexibility index (Phi) is 6.21. The summed E-state index contributed by atoms with van der Waals surface area (Å²) in [6.07, 6.45) is 3.28. The highest BCUT2D eigenvalue weighted by molar-refractivity contribution is 6.05. The van der Waals surface area contributed by atoms with Crippen molar-refractivity contribution < 1.29 is 19.1 Å². The van der Waals surface area contributed by atoms with Crippen LogP contribution >= 0.6 is 0 Å². The highest BCUT2D eigenvalue weighted by Gasteiger charge is 2.32. The Morgan fingerprint density at radius 2 is 1.77 bits per heavy atom. The van der Waals surface area contributed by atoms with Crippen LogP contribution in [-0.4, -0.2) is 36.4 Å². The van der Waals surface area contributed by atoms with Crippen LogP contribution in [0.4, 0.5) is 16.2 Å². The summed E-state index contributed by atoms with van der Waals surface area (Å²) in [4.78, 5) is 39.3. The number of para-hydroxylation sites is 3. The average molecular weight is 421 g/mol. The fourth-order valence-electron chi connectivity index (χ4n) is 4.38. The lowest BCUT2D eigenvalue weighted by atomic mass is 9.81. The lowest BCUT2D eigenvalue weighted by Gasteiger charge is -2.31. The third kappa shape index (κ3) is 4.71. The van der Waals surface area contributed by atoms with Gasteiger partial charge in [0.1, 0.15) is 5.75 Å². The molecule has 1 heterocycles. The van der Waals surface area contributed by atoms with Crippen molar-refractivity contribution in [2.75, 3.05) is 24.3 Å². The number of ether oxygens (including phenoxy) is 1. The molecule has 1 aliphatic carbocycles. The molecule has 0 aromatic heterocycles. The Balaban J connectivity index is 1.32. The Labute approximate surface area is 181 Å². The first-order valence-electron chi connectivity index (χ1n) is 10.7. The number of benzene rings is 2. The number of hydrogen-bond donors (Lipinski definition) is 2. The largest absolute Gasteiger partial charge is 0.495 e. The van der Waals surface area contributed by atoms with Crippen molar-refractivity contribution in [3.63, 3.8) is 0 Å². The predicted molar refractivity (Wildman–Crippen MR) is 118 cm³/mol. The molecule has 0 saturated heterocycles. The summed E-state index contributed by atoms with van der Waals surface area (Å²) in [5.41, 5.74) is 2.20. The first-order valence-corrected chi connectivity index (χ1v) is 10.7. The van der Waals surface area contributed by atoms with E-state index in [4.69, 9.17) is 4.74 Å². The van der Waals surface area contributed by atoms with Gasteiger partial charge in [-0.25, -0.2) is 4.79 Å². The monoisotopic (exact) mass is 421 g/mol. The Hall–Kier alpha value is -3.35. The van der Waals surface area contributed by atoms with E-state index < -0.39 is 0 Å². The van der Waals surface area contributed by atoms with Crippen LogP contribution in [0.15, 0.2) is 48.5 Å². The third-order valence-corrected chi connectivity index (χ3v) is 6.17. The molecule has 0 unspecified atom stereocenters. The molecule has 31 heavy (non-hydrogen) atoms. The van der Waals surface area contributed by atoms with Gasteiger partial charge in [0.15, 0.2) is 0 Å². The molecule has 7 heteroatoms. The molecule has 2 aromatic rings. The fourth-order valence-corrected chi connectivity index (χ4v) is 4.38. The maximum absolute atomic E-state index is 12.7. The normalized spacial score (nSPS) is 21.0. The zero-order chi connectivity index (χ0) is 21.8. The van der Waals surface area contributed by atoms with Gasteiger partial charge in [-0.2, -0.15) is 0 Å². The minimum Gasteiger partial charge on any atom is -0.495 e. The SMILES string of the molecule is COc1ccccc1NC(=O)[C@H]1CC[C@H](CN2C(=O)Cc3ccccc3NC2=O)CC1. The van der Waals surface area contributed by atoms with E-state index in [1.807, 2.05) is 48.5 Å². The number of carbonyl (C=O) groups excluding carboxylic acids is 3. The van der Waals surface area contributed by atoms with Crippen molar-refractivity contribution in [2.45, 2.75) is 32.1 Å². The van der Waals surface area contributed by atoms with E-state index in [9.17, 15) is 14.4 Å². The summed E-state index contributed by atoms with van der Waals surface area (Å²) in [6.45, 7) is 0.388. The zero-order valence-electron chi connectivity index (χ0n) is 17.6. The lowest BCUT2D eigenvalue weighted by Crippen LogP contribution is -2.43. The van der Waals surface area contributed by atoms with Crippen molar-refractivity contribution in [3.8, 4) is 5.75 Å². The molecule has 1 aliphatic heterocycles. The highest BCUT2D eigenvalue weighted by Crippen LogP contribution is 2.32. The van der Waals surface area contributed by atoms with Gasteiger partial charge in [-0.15, -0.1) is 0 Å². The standard InChI is InChI=1S/C24H27N3O4/c1-31-21-9-5-4-8-20(21)25-23(29)17-12-10-16(11-13-17)15-27-22(28)14-18-6-2-3-7-19(18)26-24(27)30/h2-9,16-17H,10-15H2,1H3,(H,25,29)(H,26,30)/t16-,17-. The van der Waals surface area contributed by atoms with Gasteiger partial charge in [0.05, 0.1) is 19.2 Å². The van der Waals surface area contributed by atoms with Gasteiger partial charge in [-0.1, -0.05) is 30.3 Å². The number of urea groups is 1. The molecule has 2 aromatic carbocycles. The maximum atomic E-state index is 12.7. The van der Waals surface area contributed by atoms with E-state index in [-0.39, 0.29) is 36.1 Å². The number of nitrogens with one attached hydrogen (secondary N) is 2. The van der Waals surface area contributed by atoms with Crippen LogP contribution in [0.3, 0.4) is 0 Å². The molecular formula is C24H27N3O4. The number of amides is 4. The van der Waals surface area contributed by atoms with Crippen LogP contribution in [0, 0.1) is 11.8 Å². The van der Waals surface area contributed by atoms with Crippen molar-refractivity contribution in [1.29, 1.82) is 0 Å². The minimum absolute atomic E-state index is 0.0120. The number of carbonyl (C=O) groups is 3. The van der Waals surface area contributed by atoms with E-state index in [0.717, 1.165) is 31.2 Å². The number of nitrogens with zero attached hydrogens (tertiary/aromatic N) is 1. The van der Waals surface area contributed by atoms with Gasteiger partial charge in [0.25, 0.3) is 0 Å².